The van der Waals surface area contributed by atoms with Crippen molar-refractivity contribution in [3.05, 3.63) is 46.7 Å². The number of aromatic nitrogens is 3. The Hall–Kier alpha value is -1.39. The number of nitrogens with zero attached hydrogens (tertiary/aromatic N) is 3. The van der Waals surface area contributed by atoms with Crippen molar-refractivity contribution in [2.75, 3.05) is 6.54 Å². The largest absolute Gasteiger partial charge is 0.309 e. The lowest BCUT2D eigenvalue weighted by molar-refractivity contribution is 0.535. The molecule has 4 nitrogen and oxygen atoms in total. The summed E-state index contributed by atoms with van der Waals surface area (Å²) in [5.74, 6) is 0. The number of rotatable bonds is 5. The van der Waals surface area contributed by atoms with Gasteiger partial charge in [0.1, 0.15) is 0 Å². The summed E-state index contributed by atoms with van der Waals surface area (Å²) in [6.07, 6.45) is 2.75. The van der Waals surface area contributed by atoms with E-state index in [0.29, 0.717) is 0 Å². The highest BCUT2D eigenvalue weighted by Gasteiger charge is 2.15. The third kappa shape index (κ3) is 3.09. The summed E-state index contributed by atoms with van der Waals surface area (Å²) in [7, 11) is 1.87. The fourth-order valence-electron chi connectivity index (χ4n) is 1.94. The lowest BCUT2D eigenvalue weighted by atomic mass is 10.0. The van der Waals surface area contributed by atoms with Crippen LogP contribution in [0.1, 0.15) is 24.2 Å². The molecule has 1 aromatic heterocycles. The van der Waals surface area contributed by atoms with Gasteiger partial charge in [0, 0.05) is 18.3 Å². The summed E-state index contributed by atoms with van der Waals surface area (Å²) in [5, 5.41) is 12.4. The molecule has 2 aromatic rings. The molecule has 1 N–H and O–H groups in total. The number of halogens is 1. The molecule has 0 amide bonds. The Kier molecular flexibility index (Phi) is 4.33. The highest BCUT2D eigenvalue weighted by Crippen LogP contribution is 2.22. The van der Waals surface area contributed by atoms with Gasteiger partial charge in [-0.1, -0.05) is 41.9 Å². The topological polar surface area (TPSA) is 42.7 Å². The lowest BCUT2D eigenvalue weighted by Gasteiger charge is -2.15. The van der Waals surface area contributed by atoms with Gasteiger partial charge in [0.25, 0.3) is 0 Å². The maximum atomic E-state index is 6.19. The molecule has 1 unspecified atom stereocenters. The van der Waals surface area contributed by atoms with Crippen LogP contribution in [0.5, 0.6) is 0 Å². The van der Waals surface area contributed by atoms with Crippen molar-refractivity contribution < 1.29 is 0 Å². The first-order valence-corrected chi connectivity index (χ1v) is 6.41. The van der Waals surface area contributed by atoms with Gasteiger partial charge in [-0.15, -0.1) is 5.10 Å². The fourth-order valence-corrected chi connectivity index (χ4v) is 2.15. The van der Waals surface area contributed by atoms with Gasteiger partial charge in [0.2, 0.25) is 0 Å². The highest BCUT2D eigenvalue weighted by molar-refractivity contribution is 6.31. The van der Waals surface area contributed by atoms with Crippen molar-refractivity contribution in [3.8, 4) is 0 Å². The van der Waals surface area contributed by atoms with Crippen LogP contribution in [0.2, 0.25) is 5.02 Å². The molecule has 0 aliphatic heterocycles. The van der Waals surface area contributed by atoms with Crippen LogP contribution in [-0.2, 0) is 13.5 Å². The molecule has 1 heterocycles. The van der Waals surface area contributed by atoms with Gasteiger partial charge in [-0.2, -0.15) is 0 Å². The van der Waals surface area contributed by atoms with Crippen molar-refractivity contribution in [2.24, 2.45) is 7.05 Å². The maximum absolute atomic E-state index is 6.19. The van der Waals surface area contributed by atoms with E-state index in [9.17, 15) is 0 Å². The quantitative estimate of drug-likeness (QED) is 0.902. The predicted octanol–water partition coefficient (Wildman–Crippen LogP) is 2.36. The number of nitrogens with one attached hydrogen (secondary N) is 1. The number of likely N-dealkylation sites (N-methyl/N-ethyl adjacent to an activating group) is 1. The van der Waals surface area contributed by atoms with Crippen LogP contribution in [0.4, 0.5) is 0 Å². The van der Waals surface area contributed by atoms with E-state index in [-0.39, 0.29) is 6.04 Å². The van der Waals surface area contributed by atoms with Crippen LogP contribution < -0.4 is 5.32 Å². The van der Waals surface area contributed by atoms with E-state index in [1.165, 1.54) is 0 Å². The molecule has 0 saturated heterocycles. The molecule has 0 spiro atoms. The van der Waals surface area contributed by atoms with Crippen molar-refractivity contribution >= 4 is 11.6 Å². The smallest absolute Gasteiger partial charge is 0.0999 e. The average molecular weight is 265 g/mol. The fraction of sp³-hybridized carbons (Fsp3) is 0.385. The number of hydrogen-bond donors (Lipinski definition) is 1. The molecule has 0 aliphatic rings. The van der Waals surface area contributed by atoms with Crippen LogP contribution in [-0.4, -0.2) is 21.5 Å². The predicted molar refractivity (Wildman–Crippen MR) is 72.6 cm³/mol. The van der Waals surface area contributed by atoms with Crippen molar-refractivity contribution in [1.82, 2.24) is 20.3 Å². The first-order valence-electron chi connectivity index (χ1n) is 6.03. The molecule has 0 aliphatic carbocycles. The van der Waals surface area contributed by atoms with Gasteiger partial charge >= 0.3 is 0 Å². The summed E-state index contributed by atoms with van der Waals surface area (Å²) in [4.78, 5) is 0. The Labute approximate surface area is 112 Å². The minimum Gasteiger partial charge on any atom is -0.309 e. The van der Waals surface area contributed by atoms with Crippen molar-refractivity contribution in [2.45, 2.75) is 19.4 Å². The van der Waals surface area contributed by atoms with E-state index in [1.807, 2.05) is 37.5 Å². The molecule has 0 saturated carbocycles. The molecule has 96 valence electrons. The van der Waals surface area contributed by atoms with Crippen LogP contribution in [0, 0.1) is 0 Å². The first kappa shape index (κ1) is 13.1. The van der Waals surface area contributed by atoms with Gasteiger partial charge in [0.05, 0.1) is 11.7 Å². The number of aryl methyl sites for hydroxylation is 1. The Bertz CT molecular complexity index is 509. The van der Waals surface area contributed by atoms with Gasteiger partial charge < -0.3 is 5.32 Å². The van der Waals surface area contributed by atoms with Crippen LogP contribution >= 0.6 is 11.6 Å². The van der Waals surface area contributed by atoms with E-state index in [4.69, 9.17) is 11.6 Å². The zero-order chi connectivity index (χ0) is 13.0. The van der Waals surface area contributed by atoms with Crippen molar-refractivity contribution in [1.29, 1.82) is 0 Å². The number of hydrogen-bond acceptors (Lipinski definition) is 3. The summed E-state index contributed by atoms with van der Waals surface area (Å²) in [6, 6.07) is 8.04. The Morgan fingerprint density at radius 1 is 1.39 bits per heavy atom. The molecule has 0 fully saturated rings. The third-order valence-electron chi connectivity index (χ3n) is 2.81. The van der Waals surface area contributed by atoms with Gasteiger partial charge in [-0.3, -0.25) is 4.68 Å². The molecular weight excluding hydrogens is 248 g/mol. The van der Waals surface area contributed by atoms with Crippen molar-refractivity contribution in [3.63, 3.8) is 0 Å². The molecule has 1 atom stereocenters. The second-order valence-electron chi connectivity index (χ2n) is 4.22. The molecule has 0 bridgehead atoms. The van der Waals surface area contributed by atoms with Gasteiger partial charge in [0.15, 0.2) is 0 Å². The minimum absolute atomic E-state index is 0.142. The monoisotopic (exact) mass is 264 g/mol. The summed E-state index contributed by atoms with van der Waals surface area (Å²) >= 11 is 6.19. The Morgan fingerprint density at radius 2 is 2.17 bits per heavy atom. The molecule has 1 aromatic carbocycles. The molecule has 0 radical (unpaired) electrons. The lowest BCUT2D eigenvalue weighted by Crippen LogP contribution is -2.23. The Morgan fingerprint density at radius 3 is 2.78 bits per heavy atom. The SMILES string of the molecule is CCNC(Cc1ccccc1Cl)c1cn(C)nn1. The summed E-state index contributed by atoms with van der Waals surface area (Å²) in [6.45, 7) is 2.96. The van der Waals surface area contributed by atoms with Crippen LogP contribution in [0.25, 0.3) is 0 Å². The second-order valence-corrected chi connectivity index (χ2v) is 4.63. The van der Waals surface area contributed by atoms with E-state index < -0.39 is 0 Å². The van der Waals surface area contributed by atoms with E-state index >= 15 is 0 Å². The third-order valence-corrected chi connectivity index (χ3v) is 3.18. The van der Waals surface area contributed by atoms with E-state index in [0.717, 1.165) is 29.2 Å². The van der Waals surface area contributed by atoms with E-state index in [2.05, 4.69) is 22.6 Å². The molecule has 5 heteroatoms. The zero-order valence-electron chi connectivity index (χ0n) is 10.6. The molecular formula is C13H17ClN4. The molecule has 2 rings (SSSR count). The minimum atomic E-state index is 0.142. The Balaban J connectivity index is 2.19. The van der Waals surface area contributed by atoms with E-state index in [1.54, 1.807) is 4.68 Å². The van der Waals surface area contributed by atoms with Gasteiger partial charge in [-0.25, -0.2) is 0 Å². The molecule has 18 heavy (non-hydrogen) atoms. The zero-order valence-corrected chi connectivity index (χ0v) is 11.4. The first-order chi connectivity index (χ1) is 8.70. The van der Waals surface area contributed by atoms with Gasteiger partial charge in [-0.05, 0) is 24.6 Å². The maximum Gasteiger partial charge on any atom is 0.0999 e. The normalized spacial score (nSPS) is 12.6. The average Bonchev–Trinajstić information content (AvgIpc) is 2.78. The summed E-state index contributed by atoms with van der Waals surface area (Å²) in [5.41, 5.74) is 2.06. The van der Waals surface area contributed by atoms with Crippen LogP contribution in [0.3, 0.4) is 0 Å². The summed E-state index contributed by atoms with van der Waals surface area (Å²) < 4.78 is 1.71. The van der Waals surface area contributed by atoms with Crippen LogP contribution in [0.15, 0.2) is 30.5 Å². The standard InChI is InChI=1S/C13H17ClN4/c1-3-15-12(13-9-18(2)17-16-13)8-10-6-4-5-7-11(10)14/h4-7,9,12,15H,3,8H2,1-2H3. The number of benzene rings is 1. The second kappa shape index (κ2) is 5.98. The highest BCUT2D eigenvalue weighted by atomic mass is 35.5.